The van der Waals surface area contributed by atoms with Crippen LogP contribution in [0.4, 0.5) is 0 Å². The fraction of sp³-hybridized carbons (Fsp3) is 0.500. The molecular weight excluding hydrogens is 350 g/mol. The van der Waals surface area contributed by atoms with E-state index < -0.39 is 22.9 Å². The zero-order valence-electron chi connectivity index (χ0n) is 15.5. The molecule has 0 bridgehead atoms. The second-order valence-corrected chi connectivity index (χ2v) is 6.98. The summed E-state index contributed by atoms with van der Waals surface area (Å²) in [6.45, 7) is 6.23. The normalized spacial score (nSPS) is 15.0. The highest BCUT2D eigenvalue weighted by Crippen LogP contribution is 2.40. The number of hydrogen-bond acceptors (Lipinski definition) is 5. The number of nitrogens with zero attached hydrogens (tertiary/aromatic N) is 4. The minimum atomic E-state index is -1.35. The summed E-state index contributed by atoms with van der Waals surface area (Å²) in [5.41, 5.74) is -1.39. The van der Waals surface area contributed by atoms with E-state index in [-0.39, 0.29) is 23.6 Å². The number of carbonyl (C=O) groups excluding carboxylic acids is 1. The van der Waals surface area contributed by atoms with Crippen LogP contribution in [0.2, 0.25) is 0 Å². The van der Waals surface area contributed by atoms with Crippen molar-refractivity contribution in [2.24, 2.45) is 5.92 Å². The molecule has 2 N–H and O–H groups in total. The van der Waals surface area contributed by atoms with Crippen LogP contribution in [0.3, 0.4) is 0 Å². The molecule has 27 heavy (non-hydrogen) atoms. The minimum absolute atomic E-state index is 0.0994. The Hall–Kier alpha value is -2.97. The Labute approximate surface area is 156 Å². The average Bonchev–Trinajstić information content (AvgIpc) is 3.35. The van der Waals surface area contributed by atoms with Crippen molar-refractivity contribution in [3.05, 3.63) is 45.9 Å². The summed E-state index contributed by atoms with van der Waals surface area (Å²) in [5.74, 6) is -1.07. The zero-order valence-corrected chi connectivity index (χ0v) is 15.5. The highest BCUT2D eigenvalue weighted by atomic mass is 16.4. The summed E-state index contributed by atoms with van der Waals surface area (Å²) in [7, 11) is 0. The molecule has 0 radical (unpaired) electrons. The van der Waals surface area contributed by atoms with E-state index >= 15 is 0 Å². The molecule has 1 amide bonds. The molecule has 2 heterocycles. The first-order chi connectivity index (χ1) is 12.8. The third-order valence-corrected chi connectivity index (χ3v) is 4.72. The predicted octanol–water partition coefficient (Wildman–Crippen LogP) is 1.62. The summed E-state index contributed by atoms with van der Waals surface area (Å²) in [6.07, 6.45) is 6.01. The first-order valence-corrected chi connectivity index (χ1v) is 9.01. The maximum atomic E-state index is 12.9. The highest BCUT2D eigenvalue weighted by molar-refractivity contribution is 5.97. The van der Waals surface area contributed by atoms with Crippen molar-refractivity contribution < 1.29 is 14.7 Å². The molecule has 0 spiro atoms. The number of carboxylic acids is 1. The molecule has 1 aliphatic carbocycles. The van der Waals surface area contributed by atoms with Gasteiger partial charge in [-0.05, 0) is 39.5 Å². The number of nitrogens with one attached hydrogen (secondary N) is 1. The van der Waals surface area contributed by atoms with Gasteiger partial charge in [0.2, 0.25) is 5.43 Å². The summed E-state index contributed by atoms with van der Waals surface area (Å²) in [6, 6.07) is -0.460. The van der Waals surface area contributed by atoms with E-state index in [4.69, 9.17) is 0 Å². The van der Waals surface area contributed by atoms with Gasteiger partial charge in [-0.3, -0.25) is 9.59 Å². The second-order valence-electron chi connectivity index (χ2n) is 6.98. The molecule has 0 aliphatic heterocycles. The van der Waals surface area contributed by atoms with E-state index in [1.165, 1.54) is 18.7 Å². The van der Waals surface area contributed by atoms with Gasteiger partial charge in [-0.2, -0.15) is 5.10 Å². The highest BCUT2D eigenvalue weighted by Gasteiger charge is 2.37. The van der Waals surface area contributed by atoms with Gasteiger partial charge < -0.3 is 15.0 Å². The van der Waals surface area contributed by atoms with Gasteiger partial charge in [0.1, 0.15) is 23.3 Å². The van der Waals surface area contributed by atoms with Crippen LogP contribution in [-0.4, -0.2) is 36.3 Å². The lowest BCUT2D eigenvalue weighted by molar-refractivity contribution is 0.0694. The van der Waals surface area contributed by atoms with Gasteiger partial charge in [0, 0.05) is 25.0 Å². The Morgan fingerprint density at radius 2 is 1.96 bits per heavy atom. The number of aromatic carboxylic acids is 1. The molecule has 9 heteroatoms. The second kappa shape index (κ2) is 7.34. The van der Waals surface area contributed by atoms with E-state index in [1.54, 1.807) is 9.25 Å². The minimum Gasteiger partial charge on any atom is -0.477 e. The van der Waals surface area contributed by atoms with Gasteiger partial charge in [0.25, 0.3) is 5.91 Å². The van der Waals surface area contributed by atoms with Gasteiger partial charge >= 0.3 is 5.97 Å². The number of hydrogen-bond donors (Lipinski definition) is 2. The summed E-state index contributed by atoms with van der Waals surface area (Å²) in [5, 5.41) is 16.3. The van der Waals surface area contributed by atoms with Crippen LogP contribution < -0.4 is 10.7 Å². The fourth-order valence-electron chi connectivity index (χ4n) is 3.01. The molecule has 0 aromatic carbocycles. The van der Waals surface area contributed by atoms with Crippen LogP contribution in [-0.2, 0) is 6.54 Å². The maximum Gasteiger partial charge on any atom is 0.341 e. The van der Waals surface area contributed by atoms with Crippen LogP contribution in [0.25, 0.3) is 0 Å². The lowest BCUT2D eigenvalue weighted by Crippen LogP contribution is -2.36. The van der Waals surface area contributed by atoms with Crippen molar-refractivity contribution in [2.45, 2.75) is 52.2 Å². The lowest BCUT2D eigenvalue weighted by atomic mass is 10.1. The predicted molar refractivity (Wildman–Crippen MR) is 96.7 cm³/mol. The van der Waals surface area contributed by atoms with Crippen molar-refractivity contribution in [3.63, 3.8) is 0 Å². The Bertz CT molecular complexity index is 926. The Morgan fingerprint density at radius 3 is 2.52 bits per heavy atom. The van der Waals surface area contributed by atoms with Crippen LogP contribution in [0.1, 0.15) is 72.2 Å². The van der Waals surface area contributed by atoms with E-state index in [1.807, 2.05) is 20.8 Å². The standard InChI is InChI=1S/C18H23N5O4/c1-4-23-16(19-9-20-23)14(11-5-6-11)21-17(25)12-7-22(10(2)3)8-13(15(12)24)18(26)27/h7-11,14H,4-6H2,1-3H3,(H,21,25)(H,26,27)/t14-/m1/s1. The number of rotatable bonds is 7. The molecule has 1 aliphatic rings. The van der Waals surface area contributed by atoms with Crippen LogP contribution in [0.5, 0.6) is 0 Å². The van der Waals surface area contributed by atoms with Crippen molar-refractivity contribution in [1.82, 2.24) is 24.6 Å². The third-order valence-electron chi connectivity index (χ3n) is 4.72. The molecular formula is C18H23N5O4. The van der Waals surface area contributed by atoms with Gasteiger partial charge in [-0.1, -0.05) is 0 Å². The molecule has 9 nitrogen and oxygen atoms in total. The number of aryl methyl sites for hydroxylation is 1. The van der Waals surface area contributed by atoms with Gasteiger partial charge in [-0.25, -0.2) is 14.5 Å². The number of amides is 1. The van der Waals surface area contributed by atoms with Crippen molar-refractivity contribution >= 4 is 11.9 Å². The maximum absolute atomic E-state index is 12.9. The summed E-state index contributed by atoms with van der Waals surface area (Å²) in [4.78, 5) is 41.1. The van der Waals surface area contributed by atoms with Gasteiger partial charge in [0.05, 0.1) is 6.04 Å². The topological polar surface area (TPSA) is 119 Å². The number of aromatic nitrogens is 4. The smallest absolute Gasteiger partial charge is 0.341 e. The zero-order chi connectivity index (χ0) is 19.7. The quantitative estimate of drug-likeness (QED) is 0.761. The third kappa shape index (κ3) is 3.76. The largest absolute Gasteiger partial charge is 0.477 e. The number of pyridine rings is 1. The Kier molecular flexibility index (Phi) is 5.11. The Morgan fingerprint density at radius 1 is 1.30 bits per heavy atom. The first kappa shape index (κ1) is 18.8. The number of carbonyl (C=O) groups is 2. The number of carboxylic acid groups (broad SMARTS) is 1. The van der Waals surface area contributed by atoms with E-state index in [2.05, 4.69) is 15.4 Å². The molecule has 1 fully saturated rings. The van der Waals surface area contributed by atoms with Crippen LogP contribution in [0.15, 0.2) is 23.5 Å². The molecule has 0 unspecified atom stereocenters. The van der Waals surface area contributed by atoms with E-state index in [9.17, 15) is 19.5 Å². The van der Waals surface area contributed by atoms with Crippen molar-refractivity contribution in [2.75, 3.05) is 0 Å². The first-order valence-electron chi connectivity index (χ1n) is 9.01. The van der Waals surface area contributed by atoms with Crippen LogP contribution >= 0.6 is 0 Å². The summed E-state index contributed by atoms with van der Waals surface area (Å²) < 4.78 is 3.27. The molecule has 1 atom stereocenters. The molecule has 1 saturated carbocycles. The Balaban J connectivity index is 1.97. The summed E-state index contributed by atoms with van der Waals surface area (Å²) >= 11 is 0. The molecule has 0 saturated heterocycles. The van der Waals surface area contributed by atoms with Crippen LogP contribution in [0, 0.1) is 5.92 Å². The van der Waals surface area contributed by atoms with E-state index in [0.717, 1.165) is 12.8 Å². The lowest BCUT2D eigenvalue weighted by Gasteiger charge is -2.19. The molecule has 2 aromatic rings. The van der Waals surface area contributed by atoms with Crippen molar-refractivity contribution in [1.29, 1.82) is 0 Å². The molecule has 3 rings (SSSR count). The van der Waals surface area contributed by atoms with E-state index in [0.29, 0.717) is 12.4 Å². The molecule has 2 aromatic heterocycles. The molecule has 144 valence electrons. The van der Waals surface area contributed by atoms with Gasteiger partial charge in [-0.15, -0.1) is 0 Å². The van der Waals surface area contributed by atoms with Gasteiger partial charge in [0.15, 0.2) is 0 Å². The average molecular weight is 373 g/mol. The SMILES string of the molecule is CCn1ncnc1[C@H](NC(=O)c1cn(C(C)C)cc(C(=O)O)c1=O)C1CC1. The fourth-order valence-corrected chi connectivity index (χ4v) is 3.01. The monoisotopic (exact) mass is 373 g/mol. The van der Waals surface area contributed by atoms with Crippen molar-refractivity contribution in [3.8, 4) is 0 Å².